The number of anilines is 1. The maximum absolute atomic E-state index is 5.97. The van der Waals surface area contributed by atoms with Gasteiger partial charge in [0.2, 0.25) is 0 Å². The Morgan fingerprint density at radius 3 is 2.38 bits per heavy atom. The van der Waals surface area contributed by atoms with Crippen LogP contribution in [0.2, 0.25) is 0 Å². The summed E-state index contributed by atoms with van der Waals surface area (Å²) in [6, 6.07) is 12.0. The minimum atomic E-state index is -0.00154. The Morgan fingerprint density at radius 1 is 0.710 bits per heavy atom. The molecule has 4 heterocycles. The molecule has 3 fully saturated rings. The molecule has 1 aromatic rings. The van der Waals surface area contributed by atoms with Gasteiger partial charge in [0.05, 0.1) is 12.0 Å². The number of para-hydroxylation sites is 1. The summed E-state index contributed by atoms with van der Waals surface area (Å²) in [5.41, 5.74) is 8.63. The van der Waals surface area contributed by atoms with Crippen LogP contribution in [-0.2, 0) is 0 Å². The molecule has 13 rings (SSSR count). The molecule has 1 aromatic carbocycles. The van der Waals surface area contributed by atoms with Gasteiger partial charge in [-0.15, -0.1) is 11.8 Å². The first-order chi connectivity index (χ1) is 34.1. The third-order valence-corrected chi connectivity index (χ3v) is 20.2. The van der Waals surface area contributed by atoms with Crippen molar-refractivity contribution in [3.63, 3.8) is 0 Å². The Bertz CT molecular complexity index is 2640. The van der Waals surface area contributed by atoms with Gasteiger partial charge in [0.25, 0.3) is 0 Å². The van der Waals surface area contributed by atoms with E-state index in [1.54, 1.807) is 10.5 Å². The number of nitrogens with one attached hydrogen (secondary N) is 1. The van der Waals surface area contributed by atoms with Crippen molar-refractivity contribution in [1.29, 1.82) is 0 Å². The predicted molar refractivity (Wildman–Crippen MR) is 290 cm³/mol. The minimum Gasteiger partial charge on any atom is -0.343 e. The second-order valence-corrected chi connectivity index (χ2v) is 23.6. The van der Waals surface area contributed by atoms with E-state index in [2.05, 4.69) is 192 Å². The fourth-order valence-corrected chi connectivity index (χ4v) is 17.2. The Balaban J connectivity index is 0.895. The molecule has 0 amide bonds. The van der Waals surface area contributed by atoms with Crippen LogP contribution in [0.25, 0.3) is 0 Å². The average Bonchev–Trinajstić information content (AvgIpc) is 3.96. The number of thioether (sulfide) groups is 1. The molecule has 6 heteroatoms. The van der Waals surface area contributed by atoms with Crippen LogP contribution in [0.4, 0.5) is 5.69 Å². The lowest BCUT2D eigenvalue weighted by Crippen LogP contribution is -2.60. The molecular weight excluding hydrogens is 859 g/mol. The first kappa shape index (κ1) is 44.1. The van der Waals surface area contributed by atoms with Gasteiger partial charge in [0.1, 0.15) is 18.2 Å². The minimum absolute atomic E-state index is 0.00154. The molecule has 69 heavy (non-hydrogen) atoms. The Hall–Kier alpha value is -4.91. The second kappa shape index (κ2) is 19.0. The molecule has 8 aliphatic carbocycles. The Kier molecular flexibility index (Phi) is 12.1. The van der Waals surface area contributed by atoms with E-state index in [4.69, 9.17) is 9.98 Å². The van der Waals surface area contributed by atoms with E-state index >= 15 is 0 Å². The summed E-state index contributed by atoms with van der Waals surface area (Å²) >= 11 is 2.28. The largest absolute Gasteiger partial charge is 0.343 e. The highest BCUT2D eigenvalue weighted by Crippen LogP contribution is 2.62. The Labute approximate surface area is 416 Å². The van der Waals surface area contributed by atoms with Crippen LogP contribution in [0, 0.1) is 59.2 Å². The molecule has 4 aliphatic heterocycles. The van der Waals surface area contributed by atoms with Crippen molar-refractivity contribution in [2.45, 2.75) is 113 Å². The van der Waals surface area contributed by atoms with E-state index in [9.17, 15) is 0 Å². The van der Waals surface area contributed by atoms with Crippen LogP contribution in [0.1, 0.15) is 83.5 Å². The third kappa shape index (κ3) is 8.14. The predicted octanol–water partition coefficient (Wildman–Crippen LogP) is 13.7. The summed E-state index contributed by atoms with van der Waals surface area (Å²) in [7, 11) is 2.34. The smallest absolute Gasteiger partial charge is 0.111 e. The number of hydrogen-bond donors (Lipinski definition) is 1. The zero-order valence-electron chi connectivity index (χ0n) is 40.6. The highest BCUT2D eigenvalue weighted by Gasteiger charge is 2.56. The summed E-state index contributed by atoms with van der Waals surface area (Å²) in [5.74, 6) is 5.96. The maximum atomic E-state index is 5.97. The number of hydrogen-bond acceptors (Lipinski definition) is 6. The van der Waals surface area contributed by atoms with Crippen molar-refractivity contribution >= 4 is 29.5 Å². The molecule has 15 unspecified atom stereocenters. The molecule has 0 bridgehead atoms. The summed E-state index contributed by atoms with van der Waals surface area (Å²) in [5, 5.41) is 4.77. The zero-order chi connectivity index (χ0) is 45.8. The van der Waals surface area contributed by atoms with E-state index in [0.717, 1.165) is 32.1 Å². The van der Waals surface area contributed by atoms with Crippen molar-refractivity contribution in [2.24, 2.45) is 69.2 Å². The number of likely N-dealkylation sites (N-methyl/N-ethyl adjacent to an activating group) is 1. The first-order valence-electron chi connectivity index (χ1n) is 27.2. The van der Waals surface area contributed by atoms with Gasteiger partial charge in [0.15, 0.2) is 0 Å². The normalized spacial score (nSPS) is 39.6. The average molecular weight is 930 g/mol. The van der Waals surface area contributed by atoms with E-state index in [1.165, 1.54) is 85.3 Å². The molecule has 1 N–H and O–H groups in total. The van der Waals surface area contributed by atoms with Gasteiger partial charge in [-0.2, -0.15) is 0 Å². The van der Waals surface area contributed by atoms with E-state index < -0.39 is 0 Å². The number of allylic oxidation sites excluding steroid dienone is 22. The van der Waals surface area contributed by atoms with Crippen molar-refractivity contribution in [2.75, 3.05) is 11.9 Å². The number of rotatable bonds is 8. The molecule has 0 radical (unpaired) electrons. The number of nitrogens with zero attached hydrogens (tertiary/aromatic N) is 4. The van der Waals surface area contributed by atoms with Gasteiger partial charge >= 0.3 is 0 Å². The quantitative estimate of drug-likeness (QED) is 0.264. The lowest BCUT2D eigenvalue weighted by molar-refractivity contribution is 0.144. The number of amidine groups is 1. The summed E-state index contributed by atoms with van der Waals surface area (Å²) in [6.45, 7) is 0. The standard InChI is InChI=1S/C63H71N5S/c1-67-62(44-26-13-5-14-27-44)65-61(43-24-11-4-12-25-43)66-63(67)54-37-46(45-34-35-48(41-20-7-2-8-21-41)51(36-45)42-22-9-3-10-23-42)40-64-60(54)50-31-19-33-57-59(50)53-38-56-52(39-58(53)69-57)49-30-17-18-32-55(49)68(56)47-28-15-6-16-29-47/h2-7,9,11-13,15-18,20,24,26,28-29,32,34-37,39-40,42-43,48-54,56-57,59-62,65H,8,10,14,19,21-23,25,27,30-31,33,38H2,1H3. The molecular formula is C63H71N5S. The number of dihydropyridines is 1. The topological polar surface area (TPSA) is 43.2 Å². The molecule has 0 spiro atoms. The maximum Gasteiger partial charge on any atom is 0.111 e. The summed E-state index contributed by atoms with van der Waals surface area (Å²) in [6.07, 6.45) is 66.3. The summed E-state index contributed by atoms with van der Waals surface area (Å²) in [4.78, 5) is 18.9. The summed E-state index contributed by atoms with van der Waals surface area (Å²) < 4.78 is 0. The van der Waals surface area contributed by atoms with Gasteiger partial charge in [0, 0.05) is 59.6 Å². The van der Waals surface area contributed by atoms with E-state index in [1.807, 2.05) is 0 Å². The molecule has 12 aliphatic rings. The lowest BCUT2D eigenvalue weighted by Gasteiger charge is -2.48. The zero-order valence-corrected chi connectivity index (χ0v) is 41.4. The van der Waals surface area contributed by atoms with Gasteiger partial charge < -0.3 is 9.80 Å². The highest BCUT2D eigenvalue weighted by molar-refractivity contribution is 8.04. The van der Waals surface area contributed by atoms with Crippen LogP contribution in [-0.4, -0.2) is 53.7 Å². The number of aliphatic imine (C=N–C) groups is 2. The second-order valence-electron chi connectivity index (χ2n) is 22.2. The van der Waals surface area contributed by atoms with Crippen molar-refractivity contribution < 1.29 is 0 Å². The SMILES string of the molecule is CN1C(C2C=C(C3=CC(C4CC=CCC4)C(C4=CC=CCC4)C=C3)C=NC2C2CCCC3SC4=CC5C6CC=CC=C6N(c6ccccc6)C5CC4C32)=NC(C2C=CC=CC2)NC1C1=CC=CCC1. The van der Waals surface area contributed by atoms with Gasteiger partial charge in [-0.3, -0.25) is 15.3 Å². The van der Waals surface area contributed by atoms with Crippen LogP contribution in [0.3, 0.4) is 0 Å². The van der Waals surface area contributed by atoms with Crippen LogP contribution < -0.4 is 10.2 Å². The number of benzene rings is 1. The van der Waals surface area contributed by atoms with Crippen LogP contribution in [0.15, 0.2) is 195 Å². The van der Waals surface area contributed by atoms with Crippen LogP contribution >= 0.6 is 11.8 Å². The van der Waals surface area contributed by atoms with E-state index in [-0.39, 0.29) is 24.3 Å². The molecule has 354 valence electrons. The van der Waals surface area contributed by atoms with Crippen molar-refractivity contribution in [1.82, 2.24) is 10.2 Å². The van der Waals surface area contributed by atoms with Gasteiger partial charge in [-0.05, 0) is 146 Å². The first-order valence-corrected chi connectivity index (χ1v) is 28.0. The third-order valence-electron chi connectivity index (χ3n) is 18.6. The molecule has 5 nitrogen and oxygen atoms in total. The van der Waals surface area contributed by atoms with Crippen LogP contribution in [0.5, 0.6) is 0 Å². The molecule has 2 saturated heterocycles. The number of fused-ring (bicyclic) bond motifs is 6. The van der Waals surface area contributed by atoms with Gasteiger partial charge in [-0.1, -0.05) is 146 Å². The fourth-order valence-electron chi connectivity index (χ4n) is 15.3. The molecule has 15 atom stereocenters. The Morgan fingerprint density at radius 2 is 1.57 bits per heavy atom. The van der Waals surface area contributed by atoms with Crippen molar-refractivity contribution in [3.05, 3.63) is 185 Å². The highest BCUT2D eigenvalue weighted by atomic mass is 32.2. The molecule has 0 aromatic heterocycles. The van der Waals surface area contributed by atoms with E-state index in [0.29, 0.717) is 64.6 Å². The fraction of sp³-hybridized carbons (Fsp3) is 0.460. The monoisotopic (exact) mass is 930 g/mol. The molecule has 1 saturated carbocycles. The van der Waals surface area contributed by atoms with Gasteiger partial charge in [-0.25, -0.2) is 0 Å². The van der Waals surface area contributed by atoms with Crippen molar-refractivity contribution in [3.8, 4) is 0 Å². The lowest BCUT2D eigenvalue weighted by atomic mass is 9.63.